The number of amides is 1. The van der Waals surface area contributed by atoms with E-state index in [1.54, 1.807) is 6.92 Å². The van der Waals surface area contributed by atoms with Crippen LogP contribution in [0.5, 0.6) is 0 Å². The van der Waals surface area contributed by atoms with Crippen LogP contribution in [0.2, 0.25) is 0 Å². The summed E-state index contributed by atoms with van der Waals surface area (Å²) in [5, 5.41) is 9.29. The van der Waals surface area contributed by atoms with Gasteiger partial charge in [0, 0.05) is 19.6 Å². The molecule has 1 aliphatic rings. The second-order valence-corrected chi connectivity index (χ2v) is 5.96. The van der Waals surface area contributed by atoms with Gasteiger partial charge in [-0.05, 0) is 45.6 Å². The molecule has 4 nitrogen and oxygen atoms in total. The third-order valence-electron chi connectivity index (χ3n) is 3.91. The minimum Gasteiger partial charge on any atom is -0.392 e. The summed E-state index contributed by atoms with van der Waals surface area (Å²) in [5.74, 6) is 0.973. The number of aliphatic hydroxyl groups is 1. The predicted octanol–water partition coefficient (Wildman–Crippen LogP) is 1.34. The number of aliphatic hydroxyl groups excluding tert-OH is 1. The van der Waals surface area contributed by atoms with Crippen LogP contribution >= 0.6 is 0 Å². The van der Waals surface area contributed by atoms with Gasteiger partial charge in [0.25, 0.3) is 0 Å². The van der Waals surface area contributed by atoms with Gasteiger partial charge in [-0.2, -0.15) is 0 Å². The van der Waals surface area contributed by atoms with Gasteiger partial charge in [-0.3, -0.25) is 9.69 Å². The van der Waals surface area contributed by atoms with Gasteiger partial charge in [-0.15, -0.1) is 0 Å². The Labute approximate surface area is 111 Å². The average molecular weight is 256 g/mol. The maximum Gasteiger partial charge on any atom is 0.236 e. The van der Waals surface area contributed by atoms with Crippen molar-refractivity contribution in [3.8, 4) is 0 Å². The third kappa shape index (κ3) is 4.94. The first-order chi connectivity index (χ1) is 8.40. The van der Waals surface area contributed by atoms with Crippen molar-refractivity contribution in [3.05, 3.63) is 0 Å². The van der Waals surface area contributed by atoms with E-state index in [2.05, 4.69) is 6.92 Å². The highest BCUT2D eigenvalue weighted by atomic mass is 16.3. The lowest BCUT2D eigenvalue weighted by Gasteiger charge is -2.34. The molecule has 1 amide bonds. The van der Waals surface area contributed by atoms with E-state index >= 15 is 0 Å². The molecule has 106 valence electrons. The lowest BCUT2D eigenvalue weighted by atomic mass is 9.87. The highest BCUT2D eigenvalue weighted by Gasteiger charge is 2.25. The first-order valence-corrected chi connectivity index (χ1v) is 7.02. The molecule has 0 aromatic carbocycles. The van der Waals surface area contributed by atoms with Gasteiger partial charge in [0.05, 0.1) is 12.6 Å². The van der Waals surface area contributed by atoms with E-state index in [0.717, 1.165) is 18.8 Å². The number of carbonyl (C=O) groups is 1. The summed E-state index contributed by atoms with van der Waals surface area (Å²) in [6.07, 6.45) is 4.33. The Hall–Kier alpha value is -0.610. The van der Waals surface area contributed by atoms with E-state index in [9.17, 15) is 9.90 Å². The molecule has 1 unspecified atom stereocenters. The molecule has 1 N–H and O–H groups in total. The van der Waals surface area contributed by atoms with Crippen LogP contribution in [-0.4, -0.2) is 60.1 Å². The van der Waals surface area contributed by atoms with Gasteiger partial charge in [0.2, 0.25) is 5.91 Å². The van der Waals surface area contributed by atoms with Crippen LogP contribution in [0, 0.1) is 5.92 Å². The molecule has 4 heteroatoms. The number of hydrogen-bond acceptors (Lipinski definition) is 3. The van der Waals surface area contributed by atoms with Crippen molar-refractivity contribution in [2.75, 3.05) is 27.2 Å². The zero-order valence-corrected chi connectivity index (χ0v) is 12.2. The lowest BCUT2D eigenvalue weighted by molar-refractivity contribution is -0.133. The summed E-state index contributed by atoms with van der Waals surface area (Å²) >= 11 is 0. The van der Waals surface area contributed by atoms with E-state index in [-0.39, 0.29) is 12.0 Å². The van der Waals surface area contributed by atoms with Crippen molar-refractivity contribution >= 4 is 5.91 Å². The molecule has 1 fully saturated rings. The van der Waals surface area contributed by atoms with Gasteiger partial charge in [0.15, 0.2) is 0 Å². The second-order valence-electron chi connectivity index (χ2n) is 5.96. The topological polar surface area (TPSA) is 43.8 Å². The van der Waals surface area contributed by atoms with Gasteiger partial charge >= 0.3 is 0 Å². The van der Waals surface area contributed by atoms with Gasteiger partial charge < -0.3 is 10.0 Å². The summed E-state index contributed by atoms with van der Waals surface area (Å²) in [5.41, 5.74) is 0. The molecule has 0 aromatic heterocycles. The van der Waals surface area contributed by atoms with Gasteiger partial charge in [0.1, 0.15) is 0 Å². The van der Waals surface area contributed by atoms with Crippen molar-refractivity contribution < 1.29 is 9.90 Å². The maximum absolute atomic E-state index is 12.1. The highest BCUT2D eigenvalue weighted by Crippen LogP contribution is 2.26. The number of likely N-dealkylation sites (N-methyl/N-ethyl adjacent to an activating group) is 2. The fourth-order valence-electron chi connectivity index (χ4n) is 2.69. The van der Waals surface area contributed by atoms with Crippen molar-refractivity contribution in [2.45, 2.75) is 51.7 Å². The van der Waals surface area contributed by atoms with Gasteiger partial charge in [-0.1, -0.05) is 6.92 Å². The van der Waals surface area contributed by atoms with E-state index in [1.807, 2.05) is 23.9 Å². The summed E-state index contributed by atoms with van der Waals surface area (Å²) in [6.45, 7) is 4.97. The molecular formula is C14H28N2O2. The minimum atomic E-state index is -0.386. The fourth-order valence-corrected chi connectivity index (χ4v) is 2.69. The zero-order valence-electron chi connectivity index (χ0n) is 12.2. The maximum atomic E-state index is 12.1. The molecule has 0 aromatic rings. The number of hydrogen-bond donors (Lipinski definition) is 1. The average Bonchev–Trinajstić information content (AvgIpc) is 2.27. The van der Waals surface area contributed by atoms with E-state index in [1.165, 1.54) is 12.8 Å². The van der Waals surface area contributed by atoms with Crippen LogP contribution in [0.25, 0.3) is 0 Å². The quantitative estimate of drug-likeness (QED) is 0.807. The van der Waals surface area contributed by atoms with Crippen LogP contribution in [0.1, 0.15) is 39.5 Å². The molecule has 0 heterocycles. The van der Waals surface area contributed by atoms with Crippen molar-refractivity contribution in [2.24, 2.45) is 5.92 Å². The van der Waals surface area contributed by atoms with Crippen molar-refractivity contribution in [1.82, 2.24) is 9.80 Å². The largest absolute Gasteiger partial charge is 0.392 e. The lowest BCUT2D eigenvalue weighted by Crippen LogP contribution is -2.44. The predicted molar refractivity (Wildman–Crippen MR) is 73.4 cm³/mol. The molecule has 0 spiro atoms. The Balaban J connectivity index is 2.36. The molecular weight excluding hydrogens is 228 g/mol. The highest BCUT2D eigenvalue weighted by molar-refractivity contribution is 5.78. The Morgan fingerprint density at radius 1 is 1.28 bits per heavy atom. The van der Waals surface area contributed by atoms with Crippen LogP contribution in [0.15, 0.2) is 0 Å². The number of carbonyl (C=O) groups excluding carboxylic acids is 1. The van der Waals surface area contributed by atoms with Crippen LogP contribution in [-0.2, 0) is 4.79 Å². The molecule has 1 aliphatic carbocycles. The number of rotatable bonds is 5. The summed E-state index contributed by atoms with van der Waals surface area (Å²) in [6, 6.07) is 0.411. The Bertz CT molecular complexity index is 261. The monoisotopic (exact) mass is 256 g/mol. The number of nitrogens with zero attached hydrogens (tertiary/aromatic N) is 2. The standard InChI is InChI=1S/C14H28N2O2/c1-11-5-7-13(8-6-11)16(4)14(18)10-15(3)9-12(2)17/h11-13,17H,5-10H2,1-4H3. The van der Waals surface area contributed by atoms with Crippen LogP contribution in [0.3, 0.4) is 0 Å². The minimum absolute atomic E-state index is 0.165. The molecule has 0 saturated heterocycles. The van der Waals surface area contributed by atoms with Crippen molar-refractivity contribution in [1.29, 1.82) is 0 Å². The molecule has 0 aliphatic heterocycles. The molecule has 18 heavy (non-hydrogen) atoms. The molecule has 0 radical (unpaired) electrons. The Kier molecular flexibility index (Phi) is 6.09. The van der Waals surface area contributed by atoms with Crippen molar-refractivity contribution in [3.63, 3.8) is 0 Å². The first-order valence-electron chi connectivity index (χ1n) is 7.02. The fraction of sp³-hybridized carbons (Fsp3) is 0.929. The Morgan fingerprint density at radius 2 is 1.83 bits per heavy atom. The summed E-state index contributed by atoms with van der Waals surface area (Å²) in [7, 11) is 3.79. The zero-order chi connectivity index (χ0) is 13.7. The van der Waals surface area contributed by atoms with E-state index in [0.29, 0.717) is 19.1 Å². The third-order valence-corrected chi connectivity index (χ3v) is 3.91. The Morgan fingerprint density at radius 3 is 2.33 bits per heavy atom. The van der Waals surface area contributed by atoms with E-state index in [4.69, 9.17) is 0 Å². The van der Waals surface area contributed by atoms with Crippen LogP contribution < -0.4 is 0 Å². The summed E-state index contributed by atoms with van der Waals surface area (Å²) in [4.78, 5) is 15.9. The SMILES string of the molecule is CC(O)CN(C)CC(=O)N(C)C1CCC(C)CC1. The molecule has 1 rings (SSSR count). The first kappa shape index (κ1) is 15.4. The molecule has 0 bridgehead atoms. The normalized spacial score (nSPS) is 26.1. The molecule has 1 saturated carbocycles. The second kappa shape index (κ2) is 7.10. The smallest absolute Gasteiger partial charge is 0.236 e. The van der Waals surface area contributed by atoms with Crippen LogP contribution in [0.4, 0.5) is 0 Å². The summed E-state index contributed by atoms with van der Waals surface area (Å²) < 4.78 is 0. The molecule has 1 atom stereocenters. The van der Waals surface area contributed by atoms with E-state index < -0.39 is 0 Å². The van der Waals surface area contributed by atoms with Gasteiger partial charge in [-0.25, -0.2) is 0 Å².